The van der Waals surface area contributed by atoms with Gasteiger partial charge < -0.3 is 16.4 Å². The summed E-state index contributed by atoms with van der Waals surface area (Å²) < 4.78 is 14.2. The van der Waals surface area contributed by atoms with E-state index in [0.717, 1.165) is 32.2 Å². The van der Waals surface area contributed by atoms with Crippen molar-refractivity contribution in [2.75, 3.05) is 42.5 Å². The summed E-state index contributed by atoms with van der Waals surface area (Å²) in [6.45, 7) is 3.45. The average Bonchev–Trinajstić information content (AvgIpc) is 3.21. The minimum atomic E-state index is -0.501. The molecule has 0 aromatic heterocycles. The molecule has 0 amide bonds. The van der Waals surface area contributed by atoms with Gasteiger partial charge in [0.2, 0.25) is 0 Å². The van der Waals surface area contributed by atoms with Crippen LogP contribution in [-0.4, -0.2) is 37.1 Å². The Hall–Kier alpha value is -1.20. The van der Waals surface area contributed by atoms with E-state index >= 15 is 0 Å². The Kier molecular flexibility index (Phi) is 3.19. The number of hydrogen-bond donors (Lipinski definition) is 2. The normalized spacial score (nSPS) is 20.8. The molecular formula is C13H18ClFN4. The first-order valence-corrected chi connectivity index (χ1v) is 6.97. The number of piperazine rings is 1. The van der Waals surface area contributed by atoms with Crippen LogP contribution < -0.4 is 16.4 Å². The van der Waals surface area contributed by atoms with Crippen molar-refractivity contribution in [2.45, 2.75) is 18.9 Å². The second-order valence-electron chi connectivity index (χ2n) is 5.29. The Balaban J connectivity index is 1.81. The summed E-state index contributed by atoms with van der Waals surface area (Å²) in [5.74, 6) is -0.501. The summed E-state index contributed by atoms with van der Waals surface area (Å²) in [7, 11) is 0. The number of rotatable bonds is 2. The SMILES string of the molecule is Nc1cc(N)c(N2CCN(C3CC3)CC2)c(F)c1Cl. The molecule has 4 N–H and O–H groups in total. The largest absolute Gasteiger partial charge is 0.397 e. The Morgan fingerprint density at radius 2 is 1.74 bits per heavy atom. The first-order valence-electron chi connectivity index (χ1n) is 6.60. The van der Waals surface area contributed by atoms with E-state index in [1.165, 1.54) is 18.9 Å². The van der Waals surface area contributed by atoms with Gasteiger partial charge in [-0.1, -0.05) is 11.6 Å². The van der Waals surface area contributed by atoms with Crippen LogP contribution in [0.15, 0.2) is 6.07 Å². The third-order valence-corrected chi connectivity index (χ3v) is 4.32. The molecule has 1 aromatic carbocycles. The fraction of sp³-hybridized carbons (Fsp3) is 0.538. The summed E-state index contributed by atoms with van der Waals surface area (Å²) >= 11 is 5.87. The number of anilines is 3. The van der Waals surface area contributed by atoms with Crippen LogP contribution in [0.3, 0.4) is 0 Å². The third kappa shape index (κ3) is 2.32. The summed E-state index contributed by atoms with van der Waals surface area (Å²) in [6.07, 6.45) is 2.59. The van der Waals surface area contributed by atoms with Gasteiger partial charge in [0.1, 0.15) is 5.02 Å². The van der Waals surface area contributed by atoms with Crippen LogP contribution in [0, 0.1) is 5.82 Å². The van der Waals surface area contributed by atoms with E-state index in [2.05, 4.69) is 4.90 Å². The number of nitrogen functional groups attached to an aromatic ring is 2. The quantitative estimate of drug-likeness (QED) is 0.815. The third-order valence-electron chi connectivity index (χ3n) is 3.93. The van der Waals surface area contributed by atoms with Gasteiger partial charge in [-0.05, 0) is 18.9 Å². The van der Waals surface area contributed by atoms with Gasteiger partial charge in [0.15, 0.2) is 5.82 Å². The lowest BCUT2D eigenvalue weighted by Gasteiger charge is -2.37. The summed E-state index contributed by atoms with van der Waals surface area (Å²) in [5, 5.41) is -0.0335. The molecule has 2 fully saturated rings. The Bertz CT molecular complexity index is 496. The highest BCUT2D eigenvalue weighted by atomic mass is 35.5. The van der Waals surface area contributed by atoms with E-state index in [9.17, 15) is 4.39 Å². The molecule has 0 atom stereocenters. The zero-order chi connectivity index (χ0) is 13.6. The molecule has 1 saturated heterocycles. The predicted molar refractivity (Wildman–Crippen MR) is 77.0 cm³/mol. The van der Waals surface area contributed by atoms with Gasteiger partial charge in [-0.2, -0.15) is 0 Å². The molecule has 4 nitrogen and oxygen atoms in total. The first kappa shape index (κ1) is 12.8. The summed E-state index contributed by atoms with van der Waals surface area (Å²) in [4.78, 5) is 4.43. The highest BCUT2D eigenvalue weighted by Gasteiger charge is 2.32. The number of benzene rings is 1. The second kappa shape index (κ2) is 4.72. The average molecular weight is 285 g/mol. The van der Waals surface area contributed by atoms with E-state index in [1.807, 2.05) is 4.90 Å². The zero-order valence-electron chi connectivity index (χ0n) is 10.7. The monoisotopic (exact) mass is 284 g/mol. The Morgan fingerprint density at radius 3 is 2.32 bits per heavy atom. The summed E-state index contributed by atoms with van der Waals surface area (Å²) in [6, 6.07) is 2.29. The molecule has 0 spiro atoms. The lowest BCUT2D eigenvalue weighted by molar-refractivity contribution is 0.247. The maximum absolute atomic E-state index is 14.2. The maximum atomic E-state index is 14.2. The zero-order valence-corrected chi connectivity index (χ0v) is 11.5. The Labute approximate surface area is 117 Å². The van der Waals surface area contributed by atoms with Gasteiger partial charge in [0.25, 0.3) is 0 Å². The smallest absolute Gasteiger partial charge is 0.169 e. The van der Waals surface area contributed by atoms with Gasteiger partial charge in [0.05, 0.1) is 17.1 Å². The molecule has 0 unspecified atom stereocenters. The number of nitrogens with zero attached hydrogens (tertiary/aromatic N) is 2. The van der Waals surface area contributed by atoms with Crippen LogP contribution in [0.25, 0.3) is 0 Å². The lowest BCUT2D eigenvalue weighted by Crippen LogP contribution is -2.47. The molecule has 1 saturated carbocycles. The number of halogens is 2. The van der Waals surface area contributed by atoms with Crippen molar-refractivity contribution in [3.8, 4) is 0 Å². The molecule has 1 heterocycles. The Morgan fingerprint density at radius 1 is 1.11 bits per heavy atom. The first-order chi connectivity index (χ1) is 9.08. The van der Waals surface area contributed by atoms with E-state index in [1.54, 1.807) is 0 Å². The van der Waals surface area contributed by atoms with Crippen molar-refractivity contribution in [3.63, 3.8) is 0 Å². The lowest BCUT2D eigenvalue weighted by atomic mass is 10.2. The van der Waals surface area contributed by atoms with E-state index in [-0.39, 0.29) is 10.7 Å². The van der Waals surface area contributed by atoms with Gasteiger partial charge in [-0.3, -0.25) is 4.90 Å². The molecule has 104 valence electrons. The van der Waals surface area contributed by atoms with Crippen LogP contribution in [-0.2, 0) is 0 Å². The second-order valence-corrected chi connectivity index (χ2v) is 5.66. The van der Waals surface area contributed by atoms with Gasteiger partial charge in [-0.15, -0.1) is 0 Å². The van der Waals surface area contributed by atoms with Gasteiger partial charge in [-0.25, -0.2) is 4.39 Å². The van der Waals surface area contributed by atoms with Crippen LogP contribution in [0.5, 0.6) is 0 Å². The molecule has 0 radical (unpaired) electrons. The molecule has 6 heteroatoms. The van der Waals surface area contributed by atoms with Crippen molar-refractivity contribution in [1.82, 2.24) is 4.90 Å². The van der Waals surface area contributed by atoms with Crippen LogP contribution in [0.2, 0.25) is 5.02 Å². The predicted octanol–water partition coefficient (Wildman–Crippen LogP) is 1.93. The van der Waals surface area contributed by atoms with Crippen LogP contribution >= 0.6 is 11.6 Å². The fourth-order valence-corrected chi connectivity index (χ4v) is 2.87. The molecule has 0 bridgehead atoms. The summed E-state index contributed by atoms with van der Waals surface area (Å²) in [5.41, 5.74) is 12.5. The van der Waals surface area contributed by atoms with Crippen molar-refractivity contribution >= 4 is 28.7 Å². The number of hydrogen-bond acceptors (Lipinski definition) is 4. The van der Waals surface area contributed by atoms with Crippen LogP contribution in [0.1, 0.15) is 12.8 Å². The fourth-order valence-electron chi connectivity index (χ4n) is 2.73. The minimum absolute atomic E-state index is 0.0335. The van der Waals surface area contributed by atoms with Gasteiger partial charge in [0, 0.05) is 32.2 Å². The highest BCUT2D eigenvalue weighted by molar-refractivity contribution is 6.33. The minimum Gasteiger partial charge on any atom is -0.397 e. The molecule has 1 aliphatic heterocycles. The molecule has 3 rings (SSSR count). The standard InChI is InChI=1S/C13H18ClFN4/c14-11-9(16)7-10(17)13(12(11)15)19-5-3-18(4-6-19)8-1-2-8/h7-8H,1-6,16-17H2. The highest BCUT2D eigenvalue weighted by Crippen LogP contribution is 2.37. The van der Waals surface area contributed by atoms with Crippen molar-refractivity contribution in [1.29, 1.82) is 0 Å². The van der Waals surface area contributed by atoms with Crippen molar-refractivity contribution < 1.29 is 4.39 Å². The topological polar surface area (TPSA) is 58.5 Å². The maximum Gasteiger partial charge on any atom is 0.169 e. The molecule has 1 aliphatic carbocycles. The van der Waals surface area contributed by atoms with E-state index in [0.29, 0.717) is 11.4 Å². The molecular weight excluding hydrogens is 267 g/mol. The van der Waals surface area contributed by atoms with Crippen LogP contribution in [0.4, 0.5) is 21.5 Å². The molecule has 19 heavy (non-hydrogen) atoms. The van der Waals surface area contributed by atoms with E-state index in [4.69, 9.17) is 23.1 Å². The van der Waals surface area contributed by atoms with Crippen molar-refractivity contribution in [3.05, 3.63) is 16.9 Å². The molecule has 2 aliphatic rings. The van der Waals surface area contributed by atoms with Crippen molar-refractivity contribution in [2.24, 2.45) is 0 Å². The number of nitrogens with two attached hydrogens (primary N) is 2. The van der Waals surface area contributed by atoms with E-state index < -0.39 is 5.82 Å². The molecule has 1 aromatic rings. The van der Waals surface area contributed by atoms with Gasteiger partial charge >= 0.3 is 0 Å².